The van der Waals surface area contributed by atoms with Crippen LogP contribution >= 0.6 is 0 Å². The predicted octanol–water partition coefficient (Wildman–Crippen LogP) is 7.40. The third-order valence-corrected chi connectivity index (χ3v) is 5.28. The fourth-order valence-corrected chi connectivity index (χ4v) is 3.94. The first kappa shape index (κ1) is 16.0. The molecule has 29 heavy (non-hydrogen) atoms. The van der Waals surface area contributed by atoms with Gasteiger partial charge in [0, 0.05) is 17.0 Å². The molecule has 1 N–H and O–H groups in total. The summed E-state index contributed by atoms with van der Waals surface area (Å²) in [4.78, 5) is 3.62. The molecule has 0 spiro atoms. The number of H-pyrrole nitrogens is 1. The molecular weight excluding hydrogens is 358 g/mol. The van der Waals surface area contributed by atoms with E-state index in [-0.39, 0.29) is 0 Å². The molecule has 5 aromatic rings. The second kappa shape index (κ2) is 6.28. The molecular formula is C26H17NO2. The van der Waals surface area contributed by atoms with Crippen LogP contribution in [0.15, 0.2) is 97.1 Å². The number of hydrogen-bond acceptors (Lipinski definition) is 2. The van der Waals surface area contributed by atoms with Gasteiger partial charge in [-0.2, -0.15) is 0 Å². The second-order valence-electron chi connectivity index (χ2n) is 7.10. The van der Waals surface area contributed by atoms with Gasteiger partial charge in [0.2, 0.25) is 0 Å². The molecule has 3 nitrogen and oxygen atoms in total. The summed E-state index contributed by atoms with van der Waals surface area (Å²) in [6.45, 7) is 0. The first-order chi connectivity index (χ1) is 14.4. The Hall–Kier alpha value is -3.98. The standard InChI is InChI=1S/C26H17NO2/c1-3-9-17(10-4-1)25-19-15-23-24(29-22-14-8-7-13-21(22)28-23)16-20(19)27-26(25)18-11-5-2-6-12-18/h1-16,27H. The number of hydrogen-bond donors (Lipinski definition) is 1. The molecule has 3 heteroatoms. The highest BCUT2D eigenvalue weighted by molar-refractivity contribution is 6.05. The molecule has 1 aliphatic rings. The lowest BCUT2D eigenvalue weighted by Gasteiger charge is -2.20. The van der Waals surface area contributed by atoms with Gasteiger partial charge in [0.05, 0.1) is 11.2 Å². The highest BCUT2D eigenvalue weighted by Gasteiger charge is 2.22. The van der Waals surface area contributed by atoms with Crippen molar-refractivity contribution in [2.24, 2.45) is 0 Å². The highest BCUT2D eigenvalue weighted by atomic mass is 16.6. The molecule has 0 saturated carbocycles. The lowest BCUT2D eigenvalue weighted by atomic mass is 9.98. The van der Waals surface area contributed by atoms with E-state index in [2.05, 4.69) is 59.6 Å². The second-order valence-corrected chi connectivity index (χ2v) is 7.10. The molecule has 1 aliphatic heterocycles. The third kappa shape index (κ3) is 2.59. The van der Waals surface area contributed by atoms with Crippen LogP contribution < -0.4 is 9.47 Å². The van der Waals surface area contributed by atoms with E-state index >= 15 is 0 Å². The summed E-state index contributed by atoms with van der Waals surface area (Å²) in [5.74, 6) is 2.92. The summed E-state index contributed by atoms with van der Waals surface area (Å²) in [5, 5.41) is 1.11. The molecule has 1 aromatic heterocycles. The van der Waals surface area contributed by atoms with Crippen molar-refractivity contribution in [3.8, 4) is 45.4 Å². The number of aromatic nitrogens is 1. The minimum atomic E-state index is 0.719. The monoisotopic (exact) mass is 375 g/mol. The Balaban J connectivity index is 1.61. The van der Waals surface area contributed by atoms with E-state index in [9.17, 15) is 0 Å². The van der Waals surface area contributed by atoms with Gasteiger partial charge in [0.15, 0.2) is 23.0 Å². The van der Waals surface area contributed by atoms with Crippen LogP contribution in [0.25, 0.3) is 33.3 Å². The van der Waals surface area contributed by atoms with Crippen molar-refractivity contribution >= 4 is 10.9 Å². The number of fused-ring (bicyclic) bond motifs is 3. The van der Waals surface area contributed by atoms with E-state index < -0.39 is 0 Å². The zero-order valence-electron chi connectivity index (χ0n) is 15.6. The van der Waals surface area contributed by atoms with Crippen LogP contribution in [0.4, 0.5) is 0 Å². The summed E-state index contributed by atoms with van der Waals surface area (Å²) >= 11 is 0. The first-order valence-electron chi connectivity index (χ1n) is 9.62. The predicted molar refractivity (Wildman–Crippen MR) is 116 cm³/mol. The van der Waals surface area contributed by atoms with Crippen molar-refractivity contribution < 1.29 is 9.47 Å². The zero-order chi connectivity index (χ0) is 19.2. The van der Waals surface area contributed by atoms with Crippen LogP contribution in [-0.4, -0.2) is 4.98 Å². The number of para-hydroxylation sites is 2. The van der Waals surface area contributed by atoms with Gasteiger partial charge >= 0.3 is 0 Å². The van der Waals surface area contributed by atoms with E-state index in [4.69, 9.17) is 9.47 Å². The fraction of sp³-hybridized carbons (Fsp3) is 0. The normalized spacial score (nSPS) is 12.0. The molecule has 138 valence electrons. The summed E-state index contributed by atoms with van der Waals surface area (Å²) in [7, 11) is 0. The smallest absolute Gasteiger partial charge is 0.172 e. The number of nitrogens with one attached hydrogen (secondary N) is 1. The fourth-order valence-electron chi connectivity index (χ4n) is 3.94. The Morgan fingerprint density at radius 2 is 1.07 bits per heavy atom. The van der Waals surface area contributed by atoms with Crippen molar-refractivity contribution in [2.45, 2.75) is 0 Å². The van der Waals surface area contributed by atoms with Crippen molar-refractivity contribution in [1.82, 2.24) is 4.98 Å². The SMILES string of the molecule is c1ccc(-c2[nH]c3cc4c(cc3c2-c2ccccc2)Oc2ccccc2O4)cc1. The van der Waals surface area contributed by atoms with Gasteiger partial charge in [-0.15, -0.1) is 0 Å². The molecule has 0 radical (unpaired) electrons. The Kier molecular flexibility index (Phi) is 3.47. The molecule has 0 aliphatic carbocycles. The van der Waals surface area contributed by atoms with Crippen LogP contribution in [0.1, 0.15) is 0 Å². The Labute approximate surface area is 168 Å². The summed E-state index contributed by atoms with van der Waals surface area (Å²) < 4.78 is 12.3. The van der Waals surface area contributed by atoms with Crippen molar-refractivity contribution in [2.75, 3.05) is 0 Å². The van der Waals surface area contributed by atoms with E-state index in [1.54, 1.807) is 0 Å². The van der Waals surface area contributed by atoms with Gasteiger partial charge < -0.3 is 14.5 Å². The Morgan fingerprint density at radius 1 is 0.517 bits per heavy atom. The maximum absolute atomic E-state index is 6.15. The largest absolute Gasteiger partial charge is 0.449 e. The number of ether oxygens (including phenoxy) is 2. The summed E-state index contributed by atoms with van der Waals surface area (Å²) in [6.07, 6.45) is 0. The molecule has 0 amide bonds. The van der Waals surface area contributed by atoms with Gasteiger partial charge in [0.1, 0.15) is 0 Å². The molecule has 0 fully saturated rings. The summed E-state index contributed by atoms with van der Waals surface area (Å²) in [5.41, 5.74) is 5.58. The van der Waals surface area contributed by atoms with Crippen LogP contribution in [0, 0.1) is 0 Å². The summed E-state index contributed by atoms with van der Waals surface area (Å²) in [6, 6.07) is 32.7. The van der Waals surface area contributed by atoms with Crippen LogP contribution in [0.3, 0.4) is 0 Å². The minimum absolute atomic E-state index is 0.719. The van der Waals surface area contributed by atoms with Crippen LogP contribution in [0.2, 0.25) is 0 Å². The van der Waals surface area contributed by atoms with E-state index in [0.29, 0.717) is 0 Å². The number of benzene rings is 4. The van der Waals surface area contributed by atoms with Gasteiger partial charge in [-0.25, -0.2) is 0 Å². The lowest BCUT2D eigenvalue weighted by Crippen LogP contribution is -1.98. The third-order valence-electron chi connectivity index (χ3n) is 5.28. The van der Waals surface area contributed by atoms with Gasteiger partial charge in [0.25, 0.3) is 0 Å². The van der Waals surface area contributed by atoms with Crippen LogP contribution in [-0.2, 0) is 0 Å². The molecule has 0 bridgehead atoms. The maximum atomic E-state index is 6.15. The molecule has 6 rings (SSSR count). The minimum Gasteiger partial charge on any atom is -0.449 e. The van der Waals surface area contributed by atoms with Crippen molar-refractivity contribution in [3.05, 3.63) is 97.1 Å². The quantitative estimate of drug-likeness (QED) is 0.342. The lowest BCUT2D eigenvalue weighted by molar-refractivity contribution is 0.360. The van der Waals surface area contributed by atoms with Gasteiger partial charge in [-0.1, -0.05) is 72.8 Å². The van der Waals surface area contributed by atoms with Crippen molar-refractivity contribution in [1.29, 1.82) is 0 Å². The zero-order valence-corrected chi connectivity index (χ0v) is 15.6. The Bertz CT molecular complexity index is 1340. The molecule has 4 aromatic carbocycles. The number of rotatable bonds is 2. The van der Waals surface area contributed by atoms with Gasteiger partial charge in [-0.05, 0) is 29.3 Å². The molecule has 0 saturated heterocycles. The molecule has 2 heterocycles. The average Bonchev–Trinajstić information content (AvgIpc) is 3.15. The van der Waals surface area contributed by atoms with E-state index in [1.807, 2.05) is 42.5 Å². The van der Waals surface area contributed by atoms with Crippen molar-refractivity contribution in [3.63, 3.8) is 0 Å². The number of aromatic amines is 1. The average molecular weight is 375 g/mol. The molecule has 0 atom stereocenters. The van der Waals surface area contributed by atoms with Crippen LogP contribution in [0.5, 0.6) is 23.0 Å². The molecule has 0 unspecified atom stereocenters. The first-order valence-corrected chi connectivity index (χ1v) is 9.62. The maximum Gasteiger partial charge on any atom is 0.172 e. The van der Waals surface area contributed by atoms with E-state index in [0.717, 1.165) is 56.3 Å². The van der Waals surface area contributed by atoms with E-state index in [1.165, 1.54) is 0 Å². The Morgan fingerprint density at radius 3 is 1.72 bits per heavy atom. The topological polar surface area (TPSA) is 34.2 Å². The highest BCUT2D eigenvalue weighted by Crippen LogP contribution is 2.49. The van der Waals surface area contributed by atoms with Gasteiger partial charge in [-0.3, -0.25) is 0 Å².